The van der Waals surface area contributed by atoms with Gasteiger partial charge in [-0.1, -0.05) is 41.9 Å². The molecule has 2 aromatic carbocycles. The molecule has 1 aliphatic rings. The molecule has 0 radical (unpaired) electrons. The third-order valence-corrected chi connectivity index (χ3v) is 6.58. The van der Waals surface area contributed by atoms with Crippen molar-refractivity contribution in [2.45, 2.75) is 36.7 Å². The Balaban J connectivity index is 2.01. The summed E-state index contributed by atoms with van der Waals surface area (Å²) in [5.74, 6) is -0.240. The minimum absolute atomic E-state index is 0.134. The Morgan fingerprint density at radius 2 is 1.73 bits per heavy atom. The number of carbonyl (C=O) groups is 1. The Morgan fingerprint density at radius 3 is 2.42 bits per heavy atom. The second kappa shape index (κ2) is 8.20. The molecule has 0 saturated carbocycles. The van der Waals surface area contributed by atoms with Gasteiger partial charge in [0, 0.05) is 18.1 Å². The maximum absolute atomic E-state index is 13.3. The first-order valence-electron chi connectivity index (χ1n) is 8.57. The first-order valence-corrected chi connectivity index (χ1v) is 10.4. The molecule has 0 spiro atoms. The molecule has 0 bridgehead atoms. The van der Waals surface area contributed by atoms with E-state index in [1.165, 1.54) is 16.4 Å². The zero-order valence-corrected chi connectivity index (χ0v) is 15.8. The second-order valence-corrected chi connectivity index (χ2v) is 8.62. The predicted molar refractivity (Wildman–Crippen MR) is 101 cm³/mol. The summed E-state index contributed by atoms with van der Waals surface area (Å²) in [5.41, 5.74) is 0.835. The number of nitrogens with one attached hydrogen (secondary N) is 1. The van der Waals surface area contributed by atoms with Crippen molar-refractivity contribution >= 4 is 27.5 Å². The lowest BCUT2D eigenvalue weighted by Gasteiger charge is -2.29. The van der Waals surface area contributed by atoms with Gasteiger partial charge in [0.25, 0.3) is 0 Å². The fourth-order valence-electron chi connectivity index (χ4n) is 3.07. The molecule has 5 nitrogen and oxygen atoms in total. The van der Waals surface area contributed by atoms with E-state index in [0.717, 1.165) is 18.4 Å². The molecule has 1 N–H and O–H groups in total. The molecular formula is C19H21ClN2O3S. The highest BCUT2D eigenvalue weighted by atomic mass is 35.5. The topological polar surface area (TPSA) is 66.5 Å². The van der Waals surface area contributed by atoms with Gasteiger partial charge in [-0.2, -0.15) is 4.31 Å². The average molecular weight is 393 g/mol. The number of nitrogens with zero attached hydrogens (tertiary/aromatic N) is 1. The number of benzene rings is 2. The summed E-state index contributed by atoms with van der Waals surface area (Å²) in [4.78, 5) is 12.7. The molecule has 26 heavy (non-hydrogen) atoms. The van der Waals surface area contributed by atoms with Crippen LogP contribution in [0, 0.1) is 0 Å². The van der Waals surface area contributed by atoms with Gasteiger partial charge in [0.15, 0.2) is 0 Å². The van der Waals surface area contributed by atoms with Crippen molar-refractivity contribution in [3.05, 3.63) is 65.2 Å². The van der Waals surface area contributed by atoms with Gasteiger partial charge in [-0.15, -0.1) is 0 Å². The van der Waals surface area contributed by atoms with Crippen LogP contribution >= 0.6 is 11.6 Å². The summed E-state index contributed by atoms with van der Waals surface area (Å²) in [6, 6.07) is 14.6. The third-order valence-electron chi connectivity index (χ3n) is 4.46. The van der Waals surface area contributed by atoms with E-state index in [0.29, 0.717) is 18.0 Å². The van der Waals surface area contributed by atoms with Crippen molar-refractivity contribution in [1.29, 1.82) is 0 Å². The van der Waals surface area contributed by atoms with E-state index in [-0.39, 0.29) is 17.3 Å². The van der Waals surface area contributed by atoms with Crippen molar-refractivity contribution in [3.63, 3.8) is 0 Å². The van der Waals surface area contributed by atoms with Crippen LogP contribution in [0.5, 0.6) is 0 Å². The summed E-state index contributed by atoms with van der Waals surface area (Å²) < 4.78 is 27.9. The molecule has 7 heteroatoms. The molecule has 1 fully saturated rings. The Bertz CT molecular complexity index is 854. The van der Waals surface area contributed by atoms with Crippen LogP contribution in [0.3, 0.4) is 0 Å². The number of amides is 1. The van der Waals surface area contributed by atoms with E-state index in [9.17, 15) is 13.2 Å². The van der Waals surface area contributed by atoms with Gasteiger partial charge in [0.05, 0.1) is 4.90 Å². The highest BCUT2D eigenvalue weighted by molar-refractivity contribution is 7.89. The molecule has 138 valence electrons. The number of sulfonamides is 1. The van der Waals surface area contributed by atoms with Gasteiger partial charge in [0.1, 0.15) is 6.04 Å². The minimum atomic E-state index is -3.85. The van der Waals surface area contributed by atoms with Crippen molar-refractivity contribution < 1.29 is 13.2 Å². The zero-order valence-electron chi connectivity index (χ0n) is 14.3. The summed E-state index contributed by atoms with van der Waals surface area (Å²) in [5, 5.41) is 3.29. The van der Waals surface area contributed by atoms with Crippen molar-refractivity contribution in [2.24, 2.45) is 0 Å². The maximum atomic E-state index is 13.3. The van der Waals surface area contributed by atoms with Gasteiger partial charge in [-0.05, 0) is 49.1 Å². The van der Waals surface area contributed by atoms with E-state index in [1.807, 2.05) is 30.3 Å². The molecule has 0 unspecified atom stereocenters. The van der Waals surface area contributed by atoms with Crippen LogP contribution < -0.4 is 5.32 Å². The standard InChI is InChI=1S/C19H21ClN2O3S/c20-16-9-11-17(12-10-16)26(24,25)22(14-15-6-2-1-3-7-15)18-8-4-5-13-21-19(18)23/h1-3,6-7,9-12,18H,4-5,8,13-14H2,(H,21,23)/t18-/m1/s1. The highest BCUT2D eigenvalue weighted by Crippen LogP contribution is 2.25. The number of hydrogen-bond donors (Lipinski definition) is 1. The van der Waals surface area contributed by atoms with Crippen LogP contribution in [0.2, 0.25) is 5.02 Å². The van der Waals surface area contributed by atoms with Crippen molar-refractivity contribution in [2.75, 3.05) is 6.54 Å². The summed E-state index contributed by atoms with van der Waals surface area (Å²) in [6.45, 7) is 0.722. The van der Waals surface area contributed by atoms with Gasteiger partial charge in [-0.3, -0.25) is 4.79 Å². The first-order chi connectivity index (χ1) is 12.5. The molecule has 0 aliphatic carbocycles. The molecule has 1 atom stereocenters. The highest BCUT2D eigenvalue weighted by Gasteiger charge is 2.36. The van der Waals surface area contributed by atoms with Crippen LogP contribution in [0.15, 0.2) is 59.5 Å². The molecule has 1 amide bonds. The molecule has 1 heterocycles. The fraction of sp³-hybridized carbons (Fsp3) is 0.316. The first kappa shape index (κ1) is 18.9. The summed E-state index contributed by atoms with van der Waals surface area (Å²) in [6.07, 6.45) is 2.15. The number of hydrogen-bond acceptors (Lipinski definition) is 3. The largest absolute Gasteiger partial charge is 0.355 e. The third kappa shape index (κ3) is 4.26. The van der Waals surface area contributed by atoms with E-state index < -0.39 is 16.1 Å². The minimum Gasteiger partial charge on any atom is -0.355 e. The van der Waals surface area contributed by atoms with Gasteiger partial charge in [-0.25, -0.2) is 8.42 Å². The zero-order chi connectivity index (χ0) is 18.6. The van der Waals surface area contributed by atoms with E-state index in [1.54, 1.807) is 12.1 Å². The Morgan fingerprint density at radius 1 is 1.04 bits per heavy atom. The lowest BCUT2D eigenvalue weighted by atomic mass is 10.1. The smallest absolute Gasteiger partial charge is 0.244 e. The average Bonchev–Trinajstić information content (AvgIpc) is 2.85. The molecule has 1 aliphatic heterocycles. The summed E-state index contributed by atoms with van der Waals surface area (Å²) in [7, 11) is -3.85. The second-order valence-electron chi connectivity index (χ2n) is 6.29. The Kier molecular flexibility index (Phi) is 5.96. The monoisotopic (exact) mass is 392 g/mol. The van der Waals surface area contributed by atoms with Crippen LogP contribution in [-0.4, -0.2) is 31.2 Å². The van der Waals surface area contributed by atoms with Crippen LogP contribution in [0.25, 0.3) is 0 Å². The lowest BCUT2D eigenvalue weighted by Crippen LogP contribution is -2.48. The van der Waals surface area contributed by atoms with Gasteiger partial charge < -0.3 is 5.32 Å². The molecule has 2 aromatic rings. The van der Waals surface area contributed by atoms with Crippen molar-refractivity contribution in [3.8, 4) is 0 Å². The van der Waals surface area contributed by atoms with Gasteiger partial charge in [0.2, 0.25) is 15.9 Å². The van der Waals surface area contributed by atoms with Crippen LogP contribution in [-0.2, 0) is 21.4 Å². The number of carbonyl (C=O) groups excluding carboxylic acids is 1. The molecular weight excluding hydrogens is 372 g/mol. The number of rotatable bonds is 5. The van der Waals surface area contributed by atoms with Crippen LogP contribution in [0.1, 0.15) is 24.8 Å². The van der Waals surface area contributed by atoms with Crippen LogP contribution in [0.4, 0.5) is 0 Å². The fourth-order valence-corrected chi connectivity index (χ4v) is 4.80. The predicted octanol–water partition coefficient (Wildman–Crippen LogP) is 3.20. The normalized spacial score (nSPS) is 18.4. The Hall–Kier alpha value is -1.89. The number of halogens is 1. The van der Waals surface area contributed by atoms with Gasteiger partial charge >= 0.3 is 0 Å². The summed E-state index contributed by atoms with van der Waals surface area (Å²) >= 11 is 5.89. The van der Waals surface area contributed by atoms with E-state index in [2.05, 4.69) is 5.32 Å². The molecule has 3 rings (SSSR count). The molecule has 0 aromatic heterocycles. The SMILES string of the molecule is O=C1NCCCC[C@H]1N(Cc1ccccc1)S(=O)(=O)c1ccc(Cl)cc1. The Labute approximate surface area is 159 Å². The van der Waals surface area contributed by atoms with E-state index in [4.69, 9.17) is 11.6 Å². The van der Waals surface area contributed by atoms with Crippen molar-refractivity contribution in [1.82, 2.24) is 9.62 Å². The van der Waals surface area contributed by atoms with E-state index >= 15 is 0 Å². The lowest BCUT2D eigenvalue weighted by molar-refractivity contribution is -0.124. The molecule has 1 saturated heterocycles. The maximum Gasteiger partial charge on any atom is 0.244 e. The quantitative estimate of drug-likeness (QED) is 0.849.